The Bertz CT molecular complexity index is 765. The molecule has 1 N–H and O–H groups in total. The van der Waals surface area contributed by atoms with Gasteiger partial charge >= 0.3 is 0 Å². The van der Waals surface area contributed by atoms with Gasteiger partial charge in [0.2, 0.25) is 0 Å². The van der Waals surface area contributed by atoms with Crippen molar-refractivity contribution in [1.29, 1.82) is 0 Å². The van der Waals surface area contributed by atoms with Crippen LogP contribution in [0.1, 0.15) is 27.0 Å². The SMILES string of the molecule is CN(C)Cc1cc(C(=O)C=Cc2ccc(Cl)cc2)cc(CN(C)C)c1O. The molecule has 0 unspecified atom stereocenters. The second-order valence-electron chi connectivity index (χ2n) is 6.87. The fourth-order valence-electron chi connectivity index (χ4n) is 2.67. The molecule has 26 heavy (non-hydrogen) atoms. The van der Waals surface area contributed by atoms with E-state index in [1.165, 1.54) is 0 Å². The van der Waals surface area contributed by atoms with E-state index in [4.69, 9.17) is 11.6 Å². The molecule has 0 saturated carbocycles. The first-order valence-corrected chi connectivity index (χ1v) is 8.76. The number of phenols is 1. The summed E-state index contributed by atoms with van der Waals surface area (Å²) < 4.78 is 0. The first-order chi connectivity index (χ1) is 12.3. The molecule has 4 nitrogen and oxygen atoms in total. The van der Waals surface area contributed by atoms with Crippen molar-refractivity contribution in [2.45, 2.75) is 13.1 Å². The molecular formula is C21H25ClN2O2. The number of benzene rings is 2. The number of hydrogen-bond acceptors (Lipinski definition) is 4. The van der Waals surface area contributed by atoms with Gasteiger partial charge in [0.25, 0.3) is 0 Å². The lowest BCUT2D eigenvalue weighted by molar-refractivity contribution is 0.104. The topological polar surface area (TPSA) is 43.8 Å². The van der Waals surface area contributed by atoms with Crippen molar-refractivity contribution in [3.05, 3.63) is 69.8 Å². The van der Waals surface area contributed by atoms with Crippen LogP contribution in [-0.4, -0.2) is 48.9 Å². The fraction of sp³-hybridized carbons (Fsp3) is 0.286. The van der Waals surface area contributed by atoms with Gasteiger partial charge in [0.15, 0.2) is 5.78 Å². The van der Waals surface area contributed by atoms with Gasteiger partial charge in [-0.15, -0.1) is 0 Å². The van der Waals surface area contributed by atoms with Crippen LogP contribution < -0.4 is 0 Å². The van der Waals surface area contributed by atoms with Crippen LogP contribution in [0.25, 0.3) is 6.08 Å². The van der Waals surface area contributed by atoms with Crippen LogP contribution in [-0.2, 0) is 13.1 Å². The van der Waals surface area contributed by atoms with Crippen LogP contribution in [0.2, 0.25) is 5.02 Å². The van der Waals surface area contributed by atoms with Crippen molar-refractivity contribution >= 4 is 23.5 Å². The Kier molecular flexibility index (Phi) is 6.98. The van der Waals surface area contributed by atoms with Crippen molar-refractivity contribution < 1.29 is 9.90 Å². The monoisotopic (exact) mass is 372 g/mol. The number of ketones is 1. The van der Waals surface area contributed by atoms with Gasteiger partial charge in [-0.25, -0.2) is 0 Å². The third-order valence-electron chi connectivity index (χ3n) is 3.82. The maximum absolute atomic E-state index is 12.7. The molecule has 0 spiro atoms. The van der Waals surface area contributed by atoms with Gasteiger partial charge in [-0.2, -0.15) is 0 Å². The smallest absolute Gasteiger partial charge is 0.185 e. The summed E-state index contributed by atoms with van der Waals surface area (Å²) in [6.45, 7) is 1.13. The van der Waals surface area contributed by atoms with Gasteiger partial charge in [-0.1, -0.05) is 29.8 Å². The Balaban J connectivity index is 2.33. The number of halogens is 1. The average Bonchev–Trinajstić information content (AvgIpc) is 2.56. The van der Waals surface area contributed by atoms with Gasteiger partial charge in [-0.3, -0.25) is 4.79 Å². The molecule has 0 aliphatic heterocycles. The van der Waals surface area contributed by atoms with E-state index in [1.54, 1.807) is 36.4 Å². The van der Waals surface area contributed by atoms with Crippen LogP contribution in [0.3, 0.4) is 0 Å². The molecule has 0 saturated heterocycles. The first-order valence-electron chi connectivity index (χ1n) is 8.38. The van der Waals surface area contributed by atoms with Crippen LogP contribution in [0.5, 0.6) is 5.75 Å². The second-order valence-corrected chi connectivity index (χ2v) is 7.30. The van der Waals surface area contributed by atoms with Gasteiger partial charge < -0.3 is 14.9 Å². The van der Waals surface area contributed by atoms with Crippen LogP contribution >= 0.6 is 11.6 Å². The zero-order chi connectivity index (χ0) is 19.3. The maximum Gasteiger partial charge on any atom is 0.185 e. The van der Waals surface area contributed by atoms with E-state index in [0.717, 1.165) is 16.7 Å². The number of allylic oxidation sites excluding steroid dienone is 1. The van der Waals surface area contributed by atoms with Crippen molar-refractivity contribution in [2.75, 3.05) is 28.2 Å². The summed E-state index contributed by atoms with van der Waals surface area (Å²) in [7, 11) is 7.72. The summed E-state index contributed by atoms with van der Waals surface area (Å²) in [5.41, 5.74) is 2.97. The number of hydrogen-bond donors (Lipinski definition) is 1. The highest BCUT2D eigenvalue weighted by molar-refractivity contribution is 6.30. The Morgan fingerprint density at radius 1 is 1.00 bits per heavy atom. The Labute approximate surface area is 160 Å². The third-order valence-corrected chi connectivity index (χ3v) is 4.07. The molecule has 0 radical (unpaired) electrons. The number of rotatable bonds is 7. The summed E-state index contributed by atoms with van der Waals surface area (Å²) in [6, 6.07) is 10.8. The van der Waals surface area contributed by atoms with Crippen molar-refractivity contribution in [2.24, 2.45) is 0 Å². The third kappa shape index (κ3) is 5.70. The minimum absolute atomic E-state index is 0.0973. The molecule has 0 bridgehead atoms. The molecule has 0 fully saturated rings. The number of phenolic OH excluding ortho intramolecular Hbond substituents is 1. The Morgan fingerprint density at radius 2 is 1.50 bits per heavy atom. The van der Waals surface area contributed by atoms with Crippen molar-refractivity contribution in [3.63, 3.8) is 0 Å². The standard InChI is InChI=1S/C21H25ClN2O2/c1-23(2)13-17-11-16(12-18(21(17)26)14-24(3)4)20(25)10-7-15-5-8-19(22)9-6-15/h5-12,26H,13-14H2,1-4H3. The predicted molar refractivity (Wildman–Crippen MR) is 108 cm³/mol. The zero-order valence-electron chi connectivity index (χ0n) is 15.7. The summed E-state index contributed by atoms with van der Waals surface area (Å²) in [4.78, 5) is 16.6. The van der Waals surface area contributed by atoms with Crippen molar-refractivity contribution in [1.82, 2.24) is 9.80 Å². The molecule has 0 heterocycles. The highest BCUT2D eigenvalue weighted by Crippen LogP contribution is 2.27. The summed E-state index contributed by atoms with van der Waals surface area (Å²) in [6.07, 6.45) is 3.32. The van der Waals surface area contributed by atoms with E-state index in [-0.39, 0.29) is 11.5 Å². The minimum Gasteiger partial charge on any atom is -0.507 e. The molecule has 2 aromatic rings. The van der Waals surface area contributed by atoms with E-state index < -0.39 is 0 Å². The predicted octanol–water partition coefficient (Wildman–Crippen LogP) is 4.06. The lowest BCUT2D eigenvalue weighted by Crippen LogP contribution is -2.15. The molecule has 0 aliphatic carbocycles. The van der Waals surface area contributed by atoms with Crippen LogP contribution in [0, 0.1) is 0 Å². The van der Waals surface area contributed by atoms with E-state index >= 15 is 0 Å². The van der Waals surface area contributed by atoms with Crippen LogP contribution in [0.4, 0.5) is 0 Å². The maximum atomic E-state index is 12.7. The average molecular weight is 373 g/mol. The highest BCUT2D eigenvalue weighted by atomic mass is 35.5. The molecule has 5 heteroatoms. The number of aromatic hydroxyl groups is 1. The van der Waals surface area contributed by atoms with Gasteiger partial charge in [-0.05, 0) is 64.1 Å². The van der Waals surface area contributed by atoms with E-state index in [2.05, 4.69) is 0 Å². The molecule has 0 amide bonds. The number of nitrogens with zero attached hydrogens (tertiary/aromatic N) is 2. The summed E-state index contributed by atoms with van der Waals surface area (Å²) in [5.74, 6) is 0.158. The lowest BCUT2D eigenvalue weighted by atomic mass is 10.00. The molecule has 2 rings (SSSR count). The number of carbonyl (C=O) groups excluding carboxylic acids is 1. The molecular weight excluding hydrogens is 348 g/mol. The van der Waals surface area contributed by atoms with E-state index in [1.807, 2.05) is 50.1 Å². The molecule has 0 aromatic heterocycles. The Morgan fingerprint density at radius 3 is 1.96 bits per heavy atom. The Hall–Kier alpha value is -2.14. The first kappa shape index (κ1) is 20.2. The highest BCUT2D eigenvalue weighted by Gasteiger charge is 2.14. The normalized spacial score (nSPS) is 11.7. The molecule has 0 aliphatic rings. The lowest BCUT2D eigenvalue weighted by Gasteiger charge is -2.17. The van der Waals surface area contributed by atoms with Gasteiger partial charge in [0.1, 0.15) is 5.75 Å². The number of carbonyl (C=O) groups is 1. The van der Waals surface area contributed by atoms with Crippen LogP contribution in [0.15, 0.2) is 42.5 Å². The largest absolute Gasteiger partial charge is 0.507 e. The van der Waals surface area contributed by atoms with E-state index in [9.17, 15) is 9.90 Å². The fourth-order valence-corrected chi connectivity index (χ4v) is 2.79. The molecule has 138 valence electrons. The second kappa shape index (κ2) is 8.99. The quantitative estimate of drug-likeness (QED) is 0.588. The molecule has 2 aromatic carbocycles. The van der Waals surface area contributed by atoms with Crippen molar-refractivity contribution in [3.8, 4) is 5.75 Å². The summed E-state index contributed by atoms with van der Waals surface area (Å²) >= 11 is 5.88. The van der Waals surface area contributed by atoms with Gasteiger partial charge in [0, 0.05) is 34.8 Å². The van der Waals surface area contributed by atoms with E-state index in [0.29, 0.717) is 23.7 Å². The minimum atomic E-state index is -0.0973. The summed E-state index contributed by atoms with van der Waals surface area (Å²) in [5, 5.41) is 11.2. The zero-order valence-corrected chi connectivity index (χ0v) is 16.4. The molecule has 0 atom stereocenters. The van der Waals surface area contributed by atoms with Gasteiger partial charge in [0.05, 0.1) is 0 Å².